The smallest absolute Gasteiger partial charge is 0.298 e. The van der Waals surface area contributed by atoms with Gasteiger partial charge >= 0.3 is 0 Å². The van der Waals surface area contributed by atoms with Gasteiger partial charge in [-0.25, -0.2) is 0 Å². The first-order valence-corrected chi connectivity index (χ1v) is 7.87. The molecule has 21 heavy (non-hydrogen) atoms. The van der Waals surface area contributed by atoms with E-state index in [-0.39, 0.29) is 0 Å². The molecule has 0 amide bonds. The van der Waals surface area contributed by atoms with Crippen LogP contribution in [0.5, 0.6) is 0 Å². The number of anilines is 2. The van der Waals surface area contributed by atoms with E-state index in [4.69, 9.17) is 10.2 Å². The minimum absolute atomic E-state index is 0.435. The van der Waals surface area contributed by atoms with E-state index in [0.717, 1.165) is 35.9 Å². The van der Waals surface area contributed by atoms with Gasteiger partial charge in [-0.1, -0.05) is 6.42 Å². The molecule has 2 fully saturated rings. The number of fused-ring (bicyclic) bond motifs is 2. The average molecular weight is 286 g/mol. The Morgan fingerprint density at radius 3 is 3.10 bits per heavy atom. The fraction of sp³-hybridized carbons (Fsp3) is 0.562. The summed E-state index contributed by atoms with van der Waals surface area (Å²) in [5, 5.41) is 0. The van der Waals surface area contributed by atoms with Gasteiger partial charge in [-0.05, 0) is 44.5 Å². The summed E-state index contributed by atoms with van der Waals surface area (Å²) in [6.07, 6.45) is 3.97. The van der Waals surface area contributed by atoms with E-state index in [9.17, 15) is 0 Å². The maximum Gasteiger partial charge on any atom is 0.298 e. The van der Waals surface area contributed by atoms with Gasteiger partial charge < -0.3 is 15.1 Å². The Bertz CT molecular complexity index is 653. The number of hydrogen-bond acceptors (Lipinski definition) is 5. The largest absolute Gasteiger partial charge is 0.423 e. The summed E-state index contributed by atoms with van der Waals surface area (Å²) < 4.78 is 5.95. The normalized spacial score (nSPS) is 27.0. The third kappa shape index (κ3) is 2.25. The molecule has 2 saturated heterocycles. The number of oxazole rings is 1. The lowest BCUT2D eigenvalue weighted by Crippen LogP contribution is -2.58. The Labute approximate surface area is 124 Å². The molecule has 2 unspecified atom stereocenters. The molecule has 0 aliphatic carbocycles. The van der Waals surface area contributed by atoms with E-state index in [0.29, 0.717) is 12.1 Å². The van der Waals surface area contributed by atoms with Crippen molar-refractivity contribution in [1.29, 1.82) is 0 Å². The van der Waals surface area contributed by atoms with Crippen molar-refractivity contribution in [3.8, 4) is 0 Å². The summed E-state index contributed by atoms with van der Waals surface area (Å²) >= 11 is 0. The third-order valence-electron chi connectivity index (χ3n) is 4.83. The topological polar surface area (TPSA) is 58.5 Å². The number of benzene rings is 1. The molecule has 1 aromatic heterocycles. The number of piperidine rings is 1. The first kappa shape index (κ1) is 13.0. The molecule has 4 rings (SSSR count). The molecule has 0 radical (unpaired) electrons. The molecule has 2 aliphatic rings. The van der Waals surface area contributed by atoms with Gasteiger partial charge in [0.25, 0.3) is 6.01 Å². The Morgan fingerprint density at radius 2 is 2.19 bits per heavy atom. The third-order valence-corrected chi connectivity index (χ3v) is 4.83. The van der Waals surface area contributed by atoms with Crippen molar-refractivity contribution in [2.24, 2.45) is 0 Å². The van der Waals surface area contributed by atoms with E-state index in [2.05, 4.69) is 21.7 Å². The fourth-order valence-electron chi connectivity index (χ4n) is 3.67. The second-order valence-electron chi connectivity index (χ2n) is 6.37. The lowest BCUT2D eigenvalue weighted by Gasteiger charge is -2.46. The van der Waals surface area contributed by atoms with Crippen molar-refractivity contribution in [3.63, 3.8) is 0 Å². The average Bonchev–Trinajstić information content (AvgIpc) is 2.89. The van der Waals surface area contributed by atoms with Crippen LogP contribution in [0.1, 0.15) is 26.2 Å². The highest BCUT2D eigenvalue weighted by Gasteiger charge is 2.34. The van der Waals surface area contributed by atoms with Crippen LogP contribution >= 0.6 is 0 Å². The van der Waals surface area contributed by atoms with Crippen LogP contribution in [0.25, 0.3) is 11.1 Å². The molecule has 2 aliphatic heterocycles. The molecule has 2 aromatic rings. The SMILES string of the molecule is CC1CN2CCCCC2CN1c1nc2cc(N)ccc2o1. The molecule has 3 heterocycles. The van der Waals surface area contributed by atoms with Crippen molar-refractivity contribution in [2.45, 2.75) is 38.3 Å². The zero-order valence-corrected chi connectivity index (χ0v) is 12.5. The number of hydrogen-bond donors (Lipinski definition) is 1. The molecule has 2 N–H and O–H groups in total. The Hall–Kier alpha value is -1.75. The minimum atomic E-state index is 0.435. The van der Waals surface area contributed by atoms with Crippen LogP contribution in [0.2, 0.25) is 0 Å². The molecule has 2 atom stereocenters. The van der Waals surface area contributed by atoms with Crippen molar-refractivity contribution < 1.29 is 4.42 Å². The monoisotopic (exact) mass is 286 g/mol. The van der Waals surface area contributed by atoms with Gasteiger partial charge in [-0.3, -0.25) is 4.90 Å². The number of nitrogen functional groups attached to an aromatic ring is 1. The zero-order chi connectivity index (χ0) is 14.4. The van der Waals surface area contributed by atoms with Crippen LogP contribution in [-0.2, 0) is 0 Å². The van der Waals surface area contributed by atoms with Gasteiger partial charge in [0.05, 0.1) is 0 Å². The summed E-state index contributed by atoms with van der Waals surface area (Å²) in [5.41, 5.74) is 8.22. The summed E-state index contributed by atoms with van der Waals surface area (Å²) in [4.78, 5) is 9.60. The van der Waals surface area contributed by atoms with Crippen LogP contribution in [0, 0.1) is 0 Å². The lowest BCUT2D eigenvalue weighted by atomic mass is 9.97. The van der Waals surface area contributed by atoms with Crippen LogP contribution in [0.15, 0.2) is 22.6 Å². The summed E-state index contributed by atoms with van der Waals surface area (Å²) in [5.74, 6) is 0. The zero-order valence-electron chi connectivity index (χ0n) is 12.5. The first-order chi connectivity index (χ1) is 10.2. The van der Waals surface area contributed by atoms with Gasteiger partial charge in [0.1, 0.15) is 5.52 Å². The van der Waals surface area contributed by atoms with Crippen LogP contribution < -0.4 is 10.6 Å². The molecular weight excluding hydrogens is 264 g/mol. The maximum absolute atomic E-state index is 5.95. The number of nitrogens with zero attached hydrogens (tertiary/aromatic N) is 3. The van der Waals surface area contributed by atoms with Gasteiger partial charge in [0, 0.05) is 30.9 Å². The molecule has 5 nitrogen and oxygen atoms in total. The molecule has 112 valence electrons. The van der Waals surface area contributed by atoms with E-state index in [1.54, 1.807) is 0 Å². The van der Waals surface area contributed by atoms with Crippen LogP contribution in [0.3, 0.4) is 0 Å². The highest BCUT2D eigenvalue weighted by Crippen LogP contribution is 2.30. The number of piperazine rings is 1. The molecule has 0 saturated carbocycles. The highest BCUT2D eigenvalue weighted by molar-refractivity contribution is 5.78. The fourth-order valence-corrected chi connectivity index (χ4v) is 3.67. The van der Waals surface area contributed by atoms with E-state index < -0.39 is 0 Å². The maximum atomic E-state index is 5.95. The van der Waals surface area contributed by atoms with E-state index in [1.165, 1.54) is 25.8 Å². The van der Waals surface area contributed by atoms with Crippen LogP contribution in [0.4, 0.5) is 11.7 Å². The van der Waals surface area contributed by atoms with Crippen molar-refractivity contribution in [2.75, 3.05) is 30.3 Å². The molecule has 0 bridgehead atoms. The second-order valence-corrected chi connectivity index (χ2v) is 6.37. The van der Waals surface area contributed by atoms with Crippen LogP contribution in [-0.4, -0.2) is 41.6 Å². The molecular formula is C16H22N4O. The van der Waals surface area contributed by atoms with Gasteiger partial charge in [-0.15, -0.1) is 0 Å². The standard InChI is InChI=1S/C16H22N4O/c1-11-9-19-7-3-2-4-13(19)10-20(11)16-18-14-8-12(17)5-6-15(14)21-16/h5-6,8,11,13H,2-4,7,9-10,17H2,1H3. The summed E-state index contributed by atoms with van der Waals surface area (Å²) in [6.45, 7) is 5.62. The quantitative estimate of drug-likeness (QED) is 0.816. The number of nitrogens with two attached hydrogens (primary N) is 1. The summed E-state index contributed by atoms with van der Waals surface area (Å²) in [7, 11) is 0. The molecule has 5 heteroatoms. The first-order valence-electron chi connectivity index (χ1n) is 7.87. The predicted molar refractivity (Wildman–Crippen MR) is 84.4 cm³/mol. The predicted octanol–water partition coefficient (Wildman–Crippen LogP) is 2.47. The van der Waals surface area contributed by atoms with Gasteiger partial charge in [0.15, 0.2) is 5.58 Å². The Balaban J connectivity index is 1.64. The second kappa shape index (κ2) is 4.91. The lowest BCUT2D eigenvalue weighted by molar-refractivity contribution is 0.113. The van der Waals surface area contributed by atoms with E-state index >= 15 is 0 Å². The summed E-state index contributed by atoms with van der Waals surface area (Å²) in [6, 6.07) is 7.47. The van der Waals surface area contributed by atoms with Gasteiger partial charge in [-0.2, -0.15) is 4.98 Å². The van der Waals surface area contributed by atoms with Crippen molar-refractivity contribution in [1.82, 2.24) is 9.88 Å². The van der Waals surface area contributed by atoms with Gasteiger partial charge in [0.2, 0.25) is 0 Å². The van der Waals surface area contributed by atoms with E-state index in [1.807, 2.05) is 18.2 Å². The number of rotatable bonds is 1. The molecule has 0 spiro atoms. The Morgan fingerprint density at radius 1 is 1.29 bits per heavy atom. The Kier molecular flexibility index (Phi) is 3.03. The minimum Gasteiger partial charge on any atom is -0.423 e. The van der Waals surface area contributed by atoms with Crippen molar-refractivity contribution >= 4 is 22.8 Å². The van der Waals surface area contributed by atoms with Crippen molar-refractivity contribution in [3.05, 3.63) is 18.2 Å². The molecule has 1 aromatic carbocycles. The highest BCUT2D eigenvalue weighted by atomic mass is 16.4. The number of aromatic nitrogens is 1.